The molecule has 0 saturated carbocycles. The summed E-state index contributed by atoms with van der Waals surface area (Å²) in [5, 5.41) is 29.9. The van der Waals surface area contributed by atoms with Gasteiger partial charge in [-0.2, -0.15) is 0 Å². The summed E-state index contributed by atoms with van der Waals surface area (Å²) < 4.78 is 3.12. The highest BCUT2D eigenvalue weighted by atomic mass is 16.4. The monoisotopic (exact) mass is 508 g/mol. The van der Waals surface area contributed by atoms with Crippen LogP contribution in [0.3, 0.4) is 0 Å². The highest BCUT2D eigenvalue weighted by molar-refractivity contribution is 5.80. The lowest BCUT2D eigenvalue weighted by Gasteiger charge is -2.31. The molecule has 1 aromatic carbocycles. The lowest BCUT2D eigenvalue weighted by atomic mass is 9.99. The molecular weight excluding hydrogens is 472 g/mol. The number of rotatable bonds is 10. The molecule has 11 heteroatoms. The number of aliphatic carboxylic acids is 1. The Kier molecular flexibility index (Phi) is 8.32. The molecule has 1 amide bonds. The van der Waals surface area contributed by atoms with Crippen molar-refractivity contribution < 1.29 is 14.7 Å². The van der Waals surface area contributed by atoms with Gasteiger partial charge in [0.1, 0.15) is 17.4 Å². The van der Waals surface area contributed by atoms with Crippen molar-refractivity contribution in [2.45, 2.75) is 52.6 Å². The summed E-state index contributed by atoms with van der Waals surface area (Å²) in [7, 11) is 0. The number of hydrogen-bond donors (Lipinski definition) is 2. The Bertz CT molecular complexity index is 1200. The van der Waals surface area contributed by atoms with Crippen LogP contribution in [0.25, 0.3) is 22.5 Å². The zero-order chi connectivity index (χ0) is 26.5. The molecule has 1 aliphatic heterocycles. The average Bonchev–Trinajstić information content (AvgIpc) is 3.58. The quantitative estimate of drug-likeness (QED) is 0.427. The van der Waals surface area contributed by atoms with Crippen molar-refractivity contribution in [3.8, 4) is 22.5 Å². The van der Waals surface area contributed by atoms with Crippen LogP contribution in [0.4, 0.5) is 0 Å². The highest BCUT2D eigenvalue weighted by Gasteiger charge is 2.29. The molecule has 3 aromatic rings. The maximum atomic E-state index is 13.3. The van der Waals surface area contributed by atoms with E-state index in [9.17, 15) is 14.7 Å². The van der Waals surface area contributed by atoms with Crippen molar-refractivity contribution in [2.75, 3.05) is 26.2 Å². The van der Waals surface area contributed by atoms with Gasteiger partial charge in [-0.1, -0.05) is 68.8 Å². The molecule has 198 valence electrons. The van der Waals surface area contributed by atoms with E-state index in [-0.39, 0.29) is 17.9 Å². The second-order valence-corrected chi connectivity index (χ2v) is 10.1. The molecule has 3 atom stereocenters. The first-order valence-corrected chi connectivity index (χ1v) is 12.9. The van der Waals surface area contributed by atoms with E-state index in [1.165, 1.54) is 4.68 Å². The van der Waals surface area contributed by atoms with Gasteiger partial charge in [-0.3, -0.25) is 4.79 Å². The number of aromatic nitrogens is 6. The third-order valence-electron chi connectivity index (χ3n) is 6.95. The molecule has 11 nitrogen and oxygen atoms in total. The fourth-order valence-corrected chi connectivity index (χ4v) is 4.62. The van der Waals surface area contributed by atoms with E-state index >= 15 is 0 Å². The summed E-state index contributed by atoms with van der Waals surface area (Å²) in [6.07, 6.45) is 4.92. The van der Waals surface area contributed by atoms with Gasteiger partial charge in [0.2, 0.25) is 5.91 Å². The lowest BCUT2D eigenvalue weighted by molar-refractivity contribution is -0.143. The van der Waals surface area contributed by atoms with Crippen LogP contribution in [-0.4, -0.2) is 78.0 Å². The fraction of sp³-hybridized carbons (Fsp3) is 0.538. The van der Waals surface area contributed by atoms with E-state index in [1.54, 1.807) is 10.9 Å². The number of benzene rings is 1. The van der Waals surface area contributed by atoms with Crippen LogP contribution in [0.5, 0.6) is 0 Å². The summed E-state index contributed by atoms with van der Waals surface area (Å²) in [5.41, 5.74) is 2.97. The van der Waals surface area contributed by atoms with Crippen molar-refractivity contribution in [1.29, 1.82) is 0 Å². The number of hydrogen-bond acceptors (Lipinski definition) is 7. The predicted molar refractivity (Wildman–Crippen MR) is 139 cm³/mol. The van der Waals surface area contributed by atoms with Crippen molar-refractivity contribution in [3.63, 3.8) is 0 Å². The smallest absolute Gasteiger partial charge is 0.328 e. The normalized spacial score (nSPS) is 16.5. The molecule has 0 radical (unpaired) electrons. The topological polar surface area (TPSA) is 131 Å². The van der Waals surface area contributed by atoms with Gasteiger partial charge in [0.25, 0.3) is 0 Å². The van der Waals surface area contributed by atoms with Crippen LogP contribution in [0.1, 0.15) is 52.6 Å². The van der Waals surface area contributed by atoms with Gasteiger partial charge in [-0.15, -0.1) is 10.2 Å². The van der Waals surface area contributed by atoms with Gasteiger partial charge in [0.05, 0.1) is 12.4 Å². The predicted octanol–water partition coefficient (Wildman–Crippen LogP) is 2.89. The zero-order valence-electron chi connectivity index (χ0n) is 21.9. The van der Waals surface area contributed by atoms with E-state index in [4.69, 9.17) is 0 Å². The molecule has 37 heavy (non-hydrogen) atoms. The van der Waals surface area contributed by atoms with E-state index in [0.717, 1.165) is 30.6 Å². The Morgan fingerprint density at radius 2 is 1.49 bits per heavy atom. The maximum Gasteiger partial charge on any atom is 0.328 e. The Balaban J connectivity index is 1.52. The van der Waals surface area contributed by atoms with Gasteiger partial charge in [-0.05, 0) is 18.3 Å². The second kappa shape index (κ2) is 11.6. The van der Waals surface area contributed by atoms with Crippen molar-refractivity contribution >= 4 is 11.9 Å². The zero-order valence-corrected chi connectivity index (χ0v) is 21.9. The third-order valence-corrected chi connectivity index (χ3v) is 6.95. The number of carboxylic acid groups (broad SMARTS) is 1. The number of carbonyl (C=O) groups excluding carboxylic acids is 1. The first-order chi connectivity index (χ1) is 17.8. The number of nitrogens with zero attached hydrogens (tertiary/aromatic N) is 7. The Morgan fingerprint density at radius 3 is 2.00 bits per heavy atom. The minimum Gasteiger partial charge on any atom is -0.480 e. The van der Waals surface area contributed by atoms with Crippen LogP contribution >= 0.6 is 0 Å². The largest absolute Gasteiger partial charge is 0.480 e. The molecule has 3 heterocycles. The maximum absolute atomic E-state index is 13.3. The summed E-state index contributed by atoms with van der Waals surface area (Å²) in [5.74, 6) is -0.578. The van der Waals surface area contributed by atoms with E-state index in [2.05, 4.69) is 39.8 Å². The third kappa shape index (κ3) is 6.04. The molecule has 1 fully saturated rings. The van der Waals surface area contributed by atoms with Gasteiger partial charge < -0.3 is 15.3 Å². The molecule has 0 aliphatic carbocycles. The van der Waals surface area contributed by atoms with E-state index < -0.39 is 12.0 Å². The number of nitrogens with one attached hydrogen (secondary N) is 1. The van der Waals surface area contributed by atoms with Crippen LogP contribution in [0, 0.1) is 11.8 Å². The molecule has 0 unspecified atom stereocenters. The Morgan fingerprint density at radius 1 is 0.946 bits per heavy atom. The lowest BCUT2D eigenvalue weighted by Crippen LogP contribution is -2.49. The van der Waals surface area contributed by atoms with Gasteiger partial charge in [0, 0.05) is 37.3 Å². The SMILES string of the molecule is CC[C@H](C)[C@@H](C(=O)O)n1cc(-c2ccc(-c3cn([C@@H](CC(C)C)C(=O)N4CCNCC4)nn3)cc2)nn1. The molecule has 0 spiro atoms. The first kappa shape index (κ1) is 26.5. The molecule has 1 saturated heterocycles. The highest BCUT2D eigenvalue weighted by Crippen LogP contribution is 2.27. The van der Waals surface area contributed by atoms with Gasteiger partial charge in [-0.25, -0.2) is 14.2 Å². The second-order valence-electron chi connectivity index (χ2n) is 10.1. The van der Waals surface area contributed by atoms with Crippen molar-refractivity contribution in [3.05, 3.63) is 36.7 Å². The molecule has 2 aromatic heterocycles. The molecule has 1 aliphatic rings. The number of carbonyl (C=O) groups is 2. The number of piperazine rings is 1. The minimum atomic E-state index is -0.921. The number of amides is 1. The van der Waals surface area contributed by atoms with Crippen LogP contribution in [0.2, 0.25) is 0 Å². The van der Waals surface area contributed by atoms with Crippen LogP contribution < -0.4 is 5.32 Å². The van der Waals surface area contributed by atoms with E-state index in [0.29, 0.717) is 36.8 Å². The molecule has 2 N–H and O–H groups in total. The summed E-state index contributed by atoms with van der Waals surface area (Å²) in [6.45, 7) is 11.1. The molecular formula is C26H36N8O3. The first-order valence-electron chi connectivity index (χ1n) is 12.9. The minimum absolute atomic E-state index is 0.0741. The average molecular weight is 509 g/mol. The van der Waals surface area contributed by atoms with Crippen molar-refractivity contribution in [1.82, 2.24) is 40.2 Å². The van der Waals surface area contributed by atoms with Crippen molar-refractivity contribution in [2.24, 2.45) is 11.8 Å². The number of carboxylic acids is 1. The molecule has 0 bridgehead atoms. The van der Waals surface area contributed by atoms with Crippen LogP contribution in [0.15, 0.2) is 36.7 Å². The van der Waals surface area contributed by atoms with Crippen LogP contribution in [-0.2, 0) is 9.59 Å². The Hall–Kier alpha value is -3.60. The van der Waals surface area contributed by atoms with E-state index in [1.807, 2.05) is 49.2 Å². The molecule has 4 rings (SSSR count). The summed E-state index contributed by atoms with van der Waals surface area (Å²) in [4.78, 5) is 27.0. The summed E-state index contributed by atoms with van der Waals surface area (Å²) >= 11 is 0. The van der Waals surface area contributed by atoms with Gasteiger partial charge in [0.15, 0.2) is 6.04 Å². The van der Waals surface area contributed by atoms with Gasteiger partial charge >= 0.3 is 5.97 Å². The standard InChI is InChI=1S/C26H36N8O3/c1-5-18(4)24(26(36)37)34-16-22(29-31-34)20-8-6-19(7-9-20)21-15-33(30-28-21)23(14-17(2)3)25(35)32-12-10-27-11-13-32/h6-9,15-18,23-24,27H,5,10-14H2,1-4H3,(H,36,37)/t18-,23-,24-/m0/s1. The Labute approximate surface area is 216 Å². The fourth-order valence-electron chi connectivity index (χ4n) is 4.62. The summed E-state index contributed by atoms with van der Waals surface area (Å²) in [6, 6.07) is 6.49.